The average Bonchev–Trinajstić information content (AvgIpc) is 3.46. The summed E-state index contributed by atoms with van der Waals surface area (Å²) in [7, 11) is 0. The number of amides is 2. The van der Waals surface area contributed by atoms with Crippen LogP contribution in [-0.2, 0) is 0 Å². The van der Waals surface area contributed by atoms with Crippen LogP contribution in [0.1, 0.15) is 37.5 Å². The third-order valence-electron chi connectivity index (χ3n) is 6.17. The Hall–Kier alpha value is -3.30. The standard InChI is InChI=1S/C23H23Cl2N7O2/c1-13(21-18(24)10-27-11-19(21)25)34-16-2-3-20-17(8-16)22(30-29-20)14-9-28-32(12-14)15-4-6-31(7-5-15)23(26)33/h2-3,8-13,15H,4-7H2,1H3,(H2,26,33)(H,29,30). The molecule has 0 saturated carbocycles. The molecule has 1 aliphatic rings. The Morgan fingerprint density at radius 2 is 1.94 bits per heavy atom. The summed E-state index contributed by atoms with van der Waals surface area (Å²) in [5.41, 5.74) is 8.65. The van der Waals surface area contributed by atoms with Crippen LogP contribution in [0.4, 0.5) is 4.79 Å². The molecule has 1 aromatic carbocycles. The van der Waals surface area contributed by atoms with Crippen molar-refractivity contribution in [2.24, 2.45) is 5.73 Å². The minimum Gasteiger partial charge on any atom is -0.486 e. The number of aromatic amines is 1. The van der Waals surface area contributed by atoms with Gasteiger partial charge in [-0.1, -0.05) is 23.2 Å². The summed E-state index contributed by atoms with van der Waals surface area (Å²) in [4.78, 5) is 17.0. The van der Waals surface area contributed by atoms with Crippen LogP contribution in [0.15, 0.2) is 43.0 Å². The van der Waals surface area contributed by atoms with Gasteiger partial charge in [-0.2, -0.15) is 10.2 Å². The van der Waals surface area contributed by atoms with Gasteiger partial charge in [-0.3, -0.25) is 14.8 Å². The Balaban J connectivity index is 1.37. The number of aromatic nitrogens is 5. The van der Waals surface area contributed by atoms with E-state index in [1.54, 1.807) is 17.3 Å². The minimum atomic E-state index is -0.372. The number of piperidine rings is 1. The molecule has 11 heteroatoms. The van der Waals surface area contributed by atoms with Crippen molar-refractivity contribution in [2.75, 3.05) is 13.1 Å². The maximum absolute atomic E-state index is 11.4. The van der Waals surface area contributed by atoms with Crippen molar-refractivity contribution >= 4 is 40.1 Å². The van der Waals surface area contributed by atoms with E-state index in [2.05, 4.69) is 20.3 Å². The molecule has 0 aliphatic carbocycles. The molecular weight excluding hydrogens is 477 g/mol. The molecule has 2 amide bonds. The number of pyridine rings is 1. The Morgan fingerprint density at radius 1 is 1.21 bits per heavy atom. The summed E-state index contributed by atoms with van der Waals surface area (Å²) in [6.07, 6.45) is 8.15. The number of rotatable bonds is 5. The molecule has 34 heavy (non-hydrogen) atoms. The lowest BCUT2D eigenvalue weighted by Gasteiger charge is -2.30. The first kappa shape index (κ1) is 22.5. The second kappa shape index (κ2) is 9.15. The first-order valence-corrected chi connectivity index (χ1v) is 11.7. The molecule has 176 valence electrons. The predicted molar refractivity (Wildman–Crippen MR) is 130 cm³/mol. The van der Waals surface area contributed by atoms with Gasteiger partial charge in [0.2, 0.25) is 0 Å². The number of primary amides is 1. The first-order chi connectivity index (χ1) is 16.4. The van der Waals surface area contributed by atoms with Crippen molar-refractivity contribution in [3.8, 4) is 17.0 Å². The van der Waals surface area contributed by atoms with Gasteiger partial charge in [0.1, 0.15) is 17.5 Å². The van der Waals surface area contributed by atoms with Crippen LogP contribution in [0.5, 0.6) is 5.75 Å². The van der Waals surface area contributed by atoms with Crippen molar-refractivity contribution in [3.63, 3.8) is 0 Å². The highest BCUT2D eigenvalue weighted by Gasteiger charge is 2.24. The molecule has 1 aliphatic heterocycles. The third kappa shape index (κ3) is 4.28. The first-order valence-electron chi connectivity index (χ1n) is 10.9. The zero-order valence-electron chi connectivity index (χ0n) is 18.4. The SMILES string of the molecule is CC(Oc1ccc2[nH]nc(-c3cnn(C4CCN(C(N)=O)CC4)c3)c2c1)c1c(Cl)cncc1Cl. The second-order valence-corrected chi connectivity index (χ2v) is 9.14. The van der Waals surface area contributed by atoms with Crippen molar-refractivity contribution in [2.45, 2.75) is 31.9 Å². The smallest absolute Gasteiger partial charge is 0.314 e. The van der Waals surface area contributed by atoms with E-state index in [0.29, 0.717) is 34.4 Å². The van der Waals surface area contributed by atoms with Crippen LogP contribution in [0, 0.1) is 0 Å². The van der Waals surface area contributed by atoms with Crippen LogP contribution < -0.4 is 10.5 Å². The van der Waals surface area contributed by atoms with Gasteiger partial charge in [-0.25, -0.2) is 4.79 Å². The zero-order chi connectivity index (χ0) is 23.8. The van der Waals surface area contributed by atoms with E-state index in [4.69, 9.17) is 33.7 Å². The predicted octanol–water partition coefficient (Wildman–Crippen LogP) is 4.98. The molecule has 4 aromatic rings. The Kier molecular flexibility index (Phi) is 6.05. The Bertz CT molecular complexity index is 1320. The number of halogens is 2. The Morgan fingerprint density at radius 3 is 2.65 bits per heavy atom. The molecule has 0 spiro atoms. The lowest BCUT2D eigenvalue weighted by Crippen LogP contribution is -2.42. The largest absolute Gasteiger partial charge is 0.486 e. The number of nitrogens with two attached hydrogens (primary N) is 1. The van der Waals surface area contributed by atoms with Crippen LogP contribution in [0.25, 0.3) is 22.2 Å². The molecule has 1 unspecified atom stereocenters. The number of fused-ring (bicyclic) bond motifs is 1. The van der Waals surface area contributed by atoms with Gasteiger partial charge in [0.15, 0.2) is 0 Å². The zero-order valence-corrected chi connectivity index (χ0v) is 19.9. The van der Waals surface area contributed by atoms with E-state index in [-0.39, 0.29) is 18.2 Å². The van der Waals surface area contributed by atoms with E-state index >= 15 is 0 Å². The fraction of sp³-hybridized carbons (Fsp3) is 0.304. The molecule has 1 fully saturated rings. The second-order valence-electron chi connectivity index (χ2n) is 8.32. The molecule has 1 saturated heterocycles. The topological polar surface area (TPSA) is 115 Å². The number of carbonyl (C=O) groups is 1. The van der Waals surface area contributed by atoms with Crippen molar-refractivity contribution in [1.82, 2.24) is 29.9 Å². The normalized spacial score (nSPS) is 15.6. The quantitative estimate of drug-likeness (QED) is 0.401. The fourth-order valence-electron chi connectivity index (χ4n) is 4.37. The molecule has 5 rings (SSSR count). The summed E-state index contributed by atoms with van der Waals surface area (Å²) in [6, 6.07) is 5.58. The number of nitrogens with one attached hydrogen (secondary N) is 1. The fourth-order valence-corrected chi connectivity index (χ4v) is 5.04. The summed E-state index contributed by atoms with van der Waals surface area (Å²) >= 11 is 12.6. The molecule has 4 heterocycles. The van der Waals surface area contributed by atoms with Gasteiger partial charge in [0, 0.05) is 48.2 Å². The van der Waals surface area contributed by atoms with Gasteiger partial charge in [-0.15, -0.1) is 0 Å². The van der Waals surface area contributed by atoms with Crippen LogP contribution in [0.3, 0.4) is 0 Å². The number of H-pyrrole nitrogens is 1. The van der Waals surface area contributed by atoms with Crippen molar-refractivity contribution in [1.29, 1.82) is 0 Å². The van der Waals surface area contributed by atoms with E-state index in [1.165, 1.54) is 0 Å². The lowest BCUT2D eigenvalue weighted by molar-refractivity contribution is 0.177. The van der Waals surface area contributed by atoms with Crippen molar-refractivity contribution in [3.05, 3.63) is 58.6 Å². The van der Waals surface area contributed by atoms with Gasteiger partial charge in [0.05, 0.1) is 27.8 Å². The highest BCUT2D eigenvalue weighted by Crippen LogP contribution is 2.35. The van der Waals surface area contributed by atoms with Gasteiger partial charge in [-0.05, 0) is 38.0 Å². The van der Waals surface area contributed by atoms with Crippen LogP contribution in [0.2, 0.25) is 10.0 Å². The molecule has 9 nitrogen and oxygen atoms in total. The highest BCUT2D eigenvalue weighted by molar-refractivity contribution is 6.35. The monoisotopic (exact) mass is 499 g/mol. The van der Waals surface area contributed by atoms with Gasteiger partial charge >= 0.3 is 6.03 Å². The van der Waals surface area contributed by atoms with Gasteiger partial charge in [0.25, 0.3) is 0 Å². The number of hydrogen-bond acceptors (Lipinski definition) is 5. The third-order valence-corrected chi connectivity index (χ3v) is 6.77. The number of ether oxygens (including phenoxy) is 1. The number of likely N-dealkylation sites (tertiary alicyclic amines) is 1. The molecule has 0 bridgehead atoms. The van der Waals surface area contributed by atoms with E-state index in [1.807, 2.05) is 42.2 Å². The van der Waals surface area contributed by atoms with Crippen LogP contribution in [-0.4, -0.2) is 49.0 Å². The van der Waals surface area contributed by atoms with Crippen LogP contribution >= 0.6 is 23.2 Å². The summed E-state index contributed by atoms with van der Waals surface area (Å²) < 4.78 is 8.11. The summed E-state index contributed by atoms with van der Waals surface area (Å²) in [6.45, 7) is 3.15. The maximum atomic E-state index is 11.4. The van der Waals surface area contributed by atoms with E-state index in [0.717, 1.165) is 35.0 Å². The maximum Gasteiger partial charge on any atom is 0.314 e. The number of urea groups is 1. The molecule has 3 N–H and O–H groups in total. The molecule has 3 aromatic heterocycles. The highest BCUT2D eigenvalue weighted by atomic mass is 35.5. The van der Waals surface area contributed by atoms with E-state index < -0.39 is 0 Å². The van der Waals surface area contributed by atoms with E-state index in [9.17, 15) is 4.79 Å². The Labute approximate surface area is 205 Å². The summed E-state index contributed by atoms with van der Waals surface area (Å²) in [5.74, 6) is 0.665. The minimum absolute atomic E-state index is 0.212. The molecule has 1 atom stereocenters. The number of hydrogen-bond donors (Lipinski definition) is 2. The number of carbonyl (C=O) groups excluding carboxylic acids is 1. The molecular formula is C23H23Cl2N7O2. The van der Waals surface area contributed by atoms with Gasteiger partial charge < -0.3 is 15.4 Å². The number of benzene rings is 1. The lowest BCUT2D eigenvalue weighted by atomic mass is 10.1. The molecule has 0 radical (unpaired) electrons. The number of nitrogens with zero attached hydrogens (tertiary/aromatic N) is 5. The average molecular weight is 500 g/mol. The summed E-state index contributed by atoms with van der Waals surface area (Å²) in [5, 5.41) is 14.0. The van der Waals surface area contributed by atoms with Crippen molar-refractivity contribution < 1.29 is 9.53 Å².